The van der Waals surface area contributed by atoms with E-state index < -0.39 is 5.97 Å². The smallest absolute Gasteiger partial charge is 0.347 e. The molecule has 0 radical (unpaired) electrons. The number of amides is 1. The highest BCUT2D eigenvalue weighted by Gasteiger charge is 2.25. The third kappa shape index (κ3) is 3.55. The largest absolute Gasteiger partial charge is 0.477 e. The lowest BCUT2D eigenvalue weighted by molar-refractivity contribution is -0.126. The molecule has 1 aliphatic rings. The summed E-state index contributed by atoms with van der Waals surface area (Å²) in [4.78, 5) is 27.4. The highest BCUT2D eigenvalue weighted by molar-refractivity contribution is 7.13. The van der Waals surface area contributed by atoms with Crippen molar-refractivity contribution >= 4 is 23.2 Å². The number of carbonyl (C=O) groups excluding carboxylic acids is 1. The Bertz CT molecular complexity index is 515. The number of nitrogens with zero attached hydrogens (tertiary/aromatic N) is 1. The van der Waals surface area contributed by atoms with Crippen LogP contribution in [0.2, 0.25) is 0 Å². The Labute approximate surface area is 121 Å². The first-order valence-electron chi connectivity index (χ1n) is 6.70. The van der Waals surface area contributed by atoms with Crippen molar-refractivity contribution in [3.63, 3.8) is 0 Å². The van der Waals surface area contributed by atoms with Crippen molar-refractivity contribution < 1.29 is 14.7 Å². The van der Waals surface area contributed by atoms with Crippen molar-refractivity contribution in [2.24, 2.45) is 11.7 Å². The van der Waals surface area contributed by atoms with Crippen LogP contribution in [0, 0.1) is 12.8 Å². The molecule has 2 rings (SSSR count). The van der Waals surface area contributed by atoms with Gasteiger partial charge in [-0.05, 0) is 26.2 Å². The summed E-state index contributed by atoms with van der Waals surface area (Å²) in [6, 6.07) is 0.111. The molecule has 0 aromatic carbocycles. The summed E-state index contributed by atoms with van der Waals surface area (Å²) in [6.45, 7) is 1.94. The highest BCUT2D eigenvalue weighted by Crippen LogP contribution is 2.23. The lowest BCUT2D eigenvalue weighted by Crippen LogP contribution is -2.37. The van der Waals surface area contributed by atoms with Crippen molar-refractivity contribution in [1.82, 2.24) is 10.3 Å². The summed E-state index contributed by atoms with van der Waals surface area (Å²) in [7, 11) is 0. The number of carboxylic acid groups (broad SMARTS) is 1. The molecule has 2 atom stereocenters. The third-order valence-corrected chi connectivity index (χ3v) is 4.68. The average Bonchev–Trinajstić information content (AvgIpc) is 2.77. The predicted molar refractivity (Wildman–Crippen MR) is 75.6 cm³/mol. The molecular formula is C13H19N3O3S. The van der Waals surface area contributed by atoms with Gasteiger partial charge in [-0.15, -0.1) is 11.3 Å². The summed E-state index contributed by atoms with van der Waals surface area (Å²) >= 11 is 1.11. The summed E-state index contributed by atoms with van der Waals surface area (Å²) in [6.07, 6.45) is 3.57. The fourth-order valence-corrected chi connectivity index (χ4v) is 3.34. The second kappa shape index (κ2) is 6.32. The van der Waals surface area contributed by atoms with Crippen LogP contribution in [0.3, 0.4) is 0 Å². The fraction of sp³-hybridized carbons (Fsp3) is 0.615. The molecule has 2 unspecified atom stereocenters. The minimum atomic E-state index is -0.976. The minimum absolute atomic E-state index is 0.00937. The zero-order valence-corrected chi connectivity index (χ0v) is 12.2. The first-order valence-corrected chi connectivity index (χ1v) is 7.52. The SMILES string of the molecule is Cc1nc(CNC(=O)C2CCCC(N)C2)sc1C(=O)O. The van der Waals surface area contributed by atoms with Crippen molar-refractivity contribution in [2.75, 3.05) is 0 Å². The molecule has 4 N–H and O–H groups in total. The second-order valence-electron chi connectivity index (χ2n) is 5.17. The third-order valence-electron chi connectivity index (χ3n) is 3.53. The number of carbonyl (C=O) groups is 2. The minimum Gasteiger partial charge on any atom is -0.477 e. The molecule has 0 bridgehead atoms. The highest BCUT2D eigenvalue weighted by atomic mass is 32.1. The van der Waals surface area contributed by atoms with Crippen molar-refractivity contribution in [3.8, 4) is 0 Å². The number of carboxylic acids is 1. The predicted octanol–water partition coefficient (Wildman–Crippen LogP) is 1.28. The molecule has 1 fully saturated rings. The summed E-state index contributed by atoms with van der Waals surface area (Å²) in [5.41, 5.74) is 6.36. The van der Waals surface area contributed by atoms with Gasteiger partial charge in [-0.2, -0.15) is 0 Å². The van der Waals surface area contributed by atoms with E-state index in [1.165, 1.54) is 0 Å². The number of aryl methyl sites for hydroxylation is 1. The van der Waals surface area contributed by atoms with Crippen LogP contribution in [0.1, 0.15) is 46.1 Å². The molecule has 1 heterocycles. The molecule has 1 aliphatic carbocycles. The van der Waals surface area contributed by atoms with Gasteiger partial charge in [-0.1, -0.05) is 6.42 Å². The maximum atomic E-state index is 12.0. The Balaban J connectivity index is 1.90. The molecular weight excluding hydrogens is 278 g/mol. The van der Waals surface area contributed by atoms with Gasteiger partial charge < -0.3 is 16.2 Å². The first kappa shape index (κ1) is 14.9. The van der Waals surface area contributed by atoms with E-state index in [4.69, 9.17) is 10.8 Å². The molecule has 1 amide bonds. The summed E-state index contributed by atoms with van der Waals surface area (Å²) in [5.74, 6) is -1.01. The van der Waals surface area contributed by atoms with E-state index in [1.807, 2.05) is 0 Å². The monoisotopic (exact) mass is 297 g/mol. The van der Waals surface area contributed by atoms with Crippen molar-refractivity contribution in [2.45, 2.75) is 45.2 Å². The first-order chi connectivity index (χ1) is 9.47. The molecule has 0 saturated heterocycles. The fourth-order valence-electron chi connectivity index (χ4n) is 2.50. The van der Waals surface area contributed by atoms with Gasteiger partial charge in [0.15, 0.2) is 0 Å². The number of nitrogens with one attached hydrogen (secondary N) is 1. The van der Waals surface area contributed by atoms with Gasteiger partial charge in [0.25, 0.3) is 0 Å². The molecule has 0 aliphatic heterocycles. The standard InChI is InChI=1S/C13H19N3O3S/c1-7-11(13(18)19)20-10(16-7)6-15-12(17)8-3-2-4-9(14)5-8/h8-9H,2-6,14H2,1H3,(H,15,17)(H,18,19). The van der Waals surface area contributed by atoms with Crippen LogP contribution >= 0.6 is 11.3 Å². The number of hydrogen-bond acceptors (Lipinski definition) is 5. The Morgan fingerprint density at radius 1 is 1.50 bits per heavy atom. The molecule has 1 aromatic rings. The maximum absolute atomic E-state index is 12.0. The van der Waals surface area contributed by atoms with Crippen LogP contribution in [-0.4, -0.2) is 28.0 Å². The van der Waals surface area contributed by atoms with E-state index in [0.717, 1.165) is 37.0 Å². The molecule has 7 heteroatoms. The van der Waals surface area contributed by atoms with Crippen molar-refractivity contribution in [1.29, 1.82) is 0 Å². The number of nitrogens with two attached hydrogens (primary N) is 1. The molecule has 6 nitrogen and oxygen atoms in total. The normalized spacial score (nSPS) is 22.5. The van der Waals surface area contributed by atoms with E-state index >= 15 is 0 Å². The summed E-state index contributed by atoms with van der Waals surface area (Å²) < 4.78 is 0. The lowest BCUT2D eigenvalue weighted by Gasteiger charge is -2.25. The average molecular weight is 297 g/mol. The maximum Gasteiger partial charge on any atom is 0.347 e. The van der Waals surface area contributed by atoms with E-state index in [1.54, 1.807) is 6.92 Å². The Hall–Kier alpha value is -1.47. The van der Waals surface area contributed by atoms with E-state index in [0.29, 0.717) is 10.7 Å². The Morgan fingerprint density at radius 2 is 2.25 bits per heavy atom. The van der Waals surface area contributed by atoms with Crippen LogP contribution < -0.4 is 11.1 Å². The van der Waals surface area contributed by atoms with Gasteiger partial charge in [0.05, 0.1) is 12.2 Å². The molecule has 1 aromatic heterocycles. The van der Waals surface area contributed by atoms with E-state index in [2.05, 4.69) is 10.3 Å². The quantitative estimate of drug-likeness (QED) is 0.776. The number of rotatable bonds is 4. The van der Waals surface area contributed by atoms with E-state index in [-0.39, 0.29) is 29.3 Å². The molecule has 1 saturated carbocycles. The van der Waals surface area contributed by atoms with E-state index in [9.17, 15) is 9.59 Å². The lowest BCUT2D eigenvalue weighted by atomic mass is 9.85. The van der Waals surface area contributed by atoms with Gasteiger partial charge in [-0.3, -0.25) is 4.79 Å². The van der Waals surface area contributed by atoms with Crippen LogP contribution in [0.4, 0.5) is 0 Å². The summed E-state index contributed by atoms with van der Waals surface area (Å²) in [5, 5.41) is 12.4. The Kier molecular flexibility index (Phi) is 4.72. The second-order valence-corrected chi connectivity index (χ2v) is 6.25. The molecule has 20 heavy (non-hydrogen) atoms. The van der Waals surface area contributed by atoms with Crippen LogP contribution in [0.5, 0.6) is 0 Å². The number of aromatic nitrogens is 1. The number of thiazole rings is 1. The zero-order valence-electron chi connectivity index (χ0n) is 11.4. The molecule has 110 valence electrons. The van der Waals surface area contributed by atoms with Crippen LogP contribution in [0.25, 0.3) is 0 Å². The van der Waals surface area contributed by atoms with Crippen molar-refractivity contribution in [3.05, 3.63) is 15.6 Å². The Morgan fingerprint density at radius 3 is 2.85 bits per heavy atom. The van der Waals surface area contributed by atoms with Gasteiger partial charge in [0.1, 0.15) is 9.88 Å². The number of hydrogen-bond donors (Lipinski definition) is 3. The topological polar surface area (TPSA) is 105 Å². The van der Waals surface area contributed by atoms with Crippen LogP contribution in [0.15, 0.2) is 0 Å². The molecule has 0 spiro atoms. The zero-order chi connectivity index (χ0) is 14.7. The van der Waals surface area contributed by atoms with Gasteiger partial charge in [-0.25, -0.2) is 9.78 Å². The number of aromatic carboxylic acids is 1. The van der Waals surface area contributed by atoms with Gasteiger partial charge >= 0.3 is 5.97 Å². The van der Waals surface area contributed by atoms with Crippen LogP contribution in [-0.2, 0) is 11.3 Å². The van der Waals surface area contributed by atoms with Gasteiger partial charge in [0, 0.05) is 12.0 Å². The van der Waals surface area contributed by atoms with Gasteiger partial charge in [0.2, 0.25) is 5.91 Å².